The Labute approximate surface area is 187 Å². The predicted molar refractivity (Wildman–Crippen MR) is 119 cm³/mol. The Morgan fingerprint density at radius 1 is 1.06 bits per heavy atom. The number of rotatable bonds is 7. The van der Waals surface area contributed by atoms with Crippen molar-refractivity contribution in [3.05, 3.63) is 59.7 Å². The number of hydrogen-bond acceptors (Lipinski definition) is 4. The molecule has 0 bridgehead atoms. The minimum absolute atomic E-state index is 0.0342. The third-order valence-corrected chi connectivity index (χ3v) is 6.52. The molecule has 7 heteroatoms. The van der Waals surface area contributed by atoms with Crippen LogP contribution in [0.25, 0.3) is 11.1 Å². The quantitative estimate of drug-likeness (QED) is 0.693. The monoisotopic (exact) mass is 436 g/mol. The van der Waals surface area contributed by atoms with E-state index in [9.17, 15) is 19.5 Å². The second-order valence-corrected chi connectivity index (χ2v) is 8.73. The van der Waals surface area contributed by atoms with Crippen LogP contribution in [0.2, 0.25) is 0 Å². The van der Waals surface area contributed by atoms with Crippen LogP contribution in [0.1, 0.15) is 37.3 Å². The van der Waals surface area contributed by atoms with E-state index in [1.54, 1.807) is 0 Å². The maximum absolute atomic E-state index is 12.8. The molecule has 0 saturated carbocycles. The number of amides is 2. The Bertz CT molecular complexity index is 989. The Morgan fingerprint density at radius 3 is 2.16 bits per heavy atom. The summed E-state index contributed by atoms with van der Waals surface area (Å²) in [5.41, 5.74) is 4.58. The van der Waals surface area contributed by atoms with E-state index in [4.69, 9.17) is 4.74 Å². The summed E-state index contributed by atoms with van der Waals surface area (Å²) in [4.78, 5) is 37.9. The molecule has 2 unspecified atom stereocenters. The first-order valence-corrected chi connectivity index (χ1v) is 11.0. The number of nitrogens with zero attached hydrogens (tertiary/aromatic N) is 1. The van der Waals surface area contributed by atoms with Crippen LogP contribution in [0.4, 0.5) is 4.79 Å². The van der Waals surface area contributed by atoms with Gasteiger partial charge in [0, 0.05) is 19.0 Å². The average Bonchev–Trinajstić information content (AvgIpc) is 3.05. The van der Waals surface area contributed by atoms with Gasteiger partial charge in [0.15, 0.2) is 0 Å². The molecule has 7 nitrogen and oxygen atoms in total. The molecule has 0 spiro atoms. The third kappa shape index (κ3) is 4.07. The Morgan fingerprint density at radius 2 is 1.66 bits per heavy atom. The minimum atomic E-state index is -0.989. The van der Waals surface area contributed by atoms with Gasteiger partial charge in [-0.15, -0.1) is 0 Å². The van der Waals surface area contributed by atoms with Gasteiger partial charge in [0.2, 0.25) is 5.91 Å². The molecule has 2 amide bonds. The fraction of sp³-hybridized carbons (Fsp3) is 0.400. The summed E-state index contributed by atoms with van der Waals surface area (Å²) in [6.07, 6.45) is -0.116. The van der Waals surface area contributed by atoms with E-state index in [0.29, 0.717) is 13.0 Å². The second-order valence-electron chi connectivity index (χ2n) is 8.73. The lowest BCUT2D eigenvalue weighted by Crippen LogP contribution is -2.58. The van der Waals surface area contributed by atoms with Crippen molar-refractivity contribution in [1.82, 2.24) is 10.2 Å². The predicted octanol–water partition coefficient (Wildman–Crippen LogP) is 3.48. The van der Waals surface area contributed by atoms with Crippen molar-refractivity contribution < 1.29 is 24.2 Å². The molecule has 4 rings (SSSR count). The number of benzene rings is 2. The molecule has 1 aliphatic carbocycles. The molecule has 1 fully saturated rings. The van der Waals surface area contributed by atoms with Crippen LogP contribution in [0.3, 0.4) is 0 Å². The van der Waals surface area contributed by atoms with Crippen molar-refractivity contribution in [1.29, 1.82) is 0 Å². The number of carboxylic acid groups (broad SMARTS) is 1. The zero-order valence-electron chi connectivity index (χ0n) is 18.3. The molecule has 168 valence electrons. The van der Waals surface area contributed by atoms with E-state index in [-0.39, 0.29) is 30.9 Å². The van der Waals surface area contributed by atoms with E-state index < -0.39 is 24.0 Å². The molecule has 2 atom stereocenters. The molecule has 0 radical (unpaired) electrons. The van der Waals surface area contributed by atoms with E-state index in [0.717, 1.165) is 22.3 Å². The highest BCUT2D eigenvalue weighted by Gasteiger charge is 2.41. The molecule has 2 aromatic rings. The first-order valence-electron chi connectivity index (χ1n) is 11.0. The van der Waals surface area contributed by atoms with Crippen molar-refractivity contribution in [2.45, 2.75) is 32.2 Å². The summed E-state index contributed by atoms with van der Waals surface area (Å²) in [6, 6.07) is 15.5. The maximum atomic E-state index is 12.8. The van der Waals surface area contributed by atoms with Crippen molar-refractivity contribution >= 4 is 18.0 Å². The SMILES string of the molecule is CC(C)C(CNC(=O)OCC1c2ccccc2-c2ccccc21)C(=O)N1CCC1C(=O)O. The molecule has 1 saturated heterocycles. The van der Waals surface area contributed by atoms with E-state index in [1.165, 1.54) is 4.90 Å². The smallest absolute Gasteiger partial charge is 0.407 e. The number of aliphatic carboxylic acids is 1. The third-order valence-electron chi connectivity index (χ3n) is 6.52. The highest BCUT2D eigenvalue weighted by Crippen LogP contribution is 2.44. The van der Waals surface area contributed by atoms with Crippen LogP contribution in [0.5, 0.6) is 0 Å². The molecule has 2 N–H and O–H groups in total. The molecular weight excluding hydrogens is 408 g/mol. The van der Waals surface area contributed by atoms with Gasteiger partial charge < -0.3 is 20.1 Å². The van der Waals surface area contributed by atoms with Crippen LogP contribution in [-0.4, -0.2) is 53.7 Å². The number of carbonyl (C=O) groups is 3. The molecule has 2 aromatic carbocycles. The van der Waals surface area contributed by atoms with Crippen LogP contribution in [-0.2, 0) is 14.3 Å². The van der Waals surface area contributed by atoms with Gasteiger partial charge in [0.1, 0.15) is 12.6 Å². The fourth-order valence-corrected chi connectivity index (χ4v) is 4.57. The normalized spacial score (nSPS) is 17.8. The number of carboxylic acids is 1. The standard InChI is InChI=1S/C25H28N2O5/c1-15(2)20(23(28)27-12-11-22(27)24(29)30)13-26-25(31)32-14-21-18-9-5-3-7-16(18)17-8-4-6-10-19(17)21/h3-10,15,20-22H,11-14H2,1-2H3,(H,26,31)(H,29,30). The molecule has 1 aliphatic heterocycles. The number of alkyl carbamates (subject to hydrolysis) is 1. The summed E-state index contributed by atoms with van der Waals surface area (Å²) in [6.45, 7) is 4.52. The van der Waals surface area contributed by atoms with Gasteiger partial charge in [-0.1, -0.05) is 62.4 Å². The van der Waals surface area contributed by atoms with Crippen molar-refractivity contribution in [3.63, 3.8) is 0 Å². The van der Waals surface area contributed by atoms with Gasteiger partial charge in [-0.05, 0) is 34.6 Å². The minimum Gasteiger partial charge on any atom is -0.480 e. The fourth-order valence-electron chi connectivity index (χ4n) is 4.57. The summed E-state index contributed by atoms with van der Waals surface area (Å²) in [5.74, 6) is -1.81. The summed E-state index contributed by atoms with van der Waals surface area (Å²) < 4.78 is 5.54. The lowest BCUT2D eigenvalue weighted by Gasteiger charge is -2.40. The van der Waals surface area contributed by atoms with Crippen LogP contribution >= 0.6 is 0 Å². The van der Waals surface area contributed by atoms with Crippen LogP contribution in [0, 0.1) is 11.8 Å². The number of nitrogens with one attached hydrogen (secondary N) is 1. The van der Waals surface area contributed by atoms with Crippen molar-refractivity contribution in [2.75, 3.05) is 19.7 Å². The molecular formula is C25H28N2O5. The van der Waals surface area contributed by atoms with Gasteiger partial charge in [-0.3, -0.25) is 4.79 Å². The van der Waals surface area contributed by atoms with Crippen LogP contribution < -0.4 is 5.32 Å². The van der Waals surface area contributed by atoms with E-state index >= 15 is 0 Å². The highest BCUT2D eigenvalue weighted by molar-refractivity contribution is 5.87. The lowest BCUT2D eigenvalue weighted by molar-refractivity contribution is -0.160. The number of fused-ring (bicyclic) bond motifs is 3. The van der Waals surface area contributed by atoms with Gasteiger partial charge in [0.25, 0.3) is 0 Å². The number of ether oxygens (including phenoxy) is 1. The summed E-state index contributed by atoms with van der Waals surface area (Å²) in [7, 11) is 0. The van der Waals surface area contributed by atoms with Gasteiger partial charge in [-0.2, -0.15) is 0 Å². The molecule has 32 heavy (non-hydrogen) atoms. The second kappa shape index (κ2) is 9.02. The Balaban J connectivity index is 1.36. The number of carbonyl (C=O) groups excluding carboxylic acids is 2. The molecule has 1 heterocycles. The maximum Gasteiger partial charge on any atom is 0.407 e. The van der Waals surface area contributed by atoms with Gasteiger partial charge in [-0.25, -0.2) is 9.59 Å². The largest absolute Gasteiger partial charge is 0.480 e. The lowest BCUT2D eigenvalue weighted by atomic mass is 9.91. The van der Waals surface area contributed by atoms with Crippen molar-refractivity contribution in [3.8, 4) is 11.1 Å². The highest BCUT2D eigenvalue weighted by atomic mass is 16.5. The van der Waals surface area contributed by atoms with Crippen molar-refractivity contribution in [2.24, 2.45) is 11.8 Å². The van der Waals surface area contributed by atoms with Gasteiger partial charge in [0.05, 0.1) is 5.92 Å². The molecule has 2 aliphatic rings. The van der Waals surface area contributed by atoms with Crippen LogP contribution in [0.15, 0.2) is 48.5 Å². The van der Waals surface area contributed by atoms with E-state index in [1.807, 2.05) is 38.1 Å². The molecule has 0 aromatic heterocycles. The Kier molecular flexibility index (Phi) is 6.17. The topological polar surface area (TPSA) is 95.9 Å². The zero-order chi connectivity index (χ0) is 22.8. The Hall–Kier alpha value is -3.35. The number of likely N-dealkylation sites (tertiary alicyclic amines) is 1. The first kappa shape index (κ1) is 21.9. The summed E-state index contributed by atoms with van der Waals surface area (Å²) in [5, 5.41) is 11.9. The van der Waals surface area contributed by atoms with E-state index in [2.05, 4.69) is 29.6 Å². The first-order chi connectivity index (χ1) is 15.4. The average molecular weight is 437 g/mol. The number of hydrogen-bond donors (Lipinski definition) is 2. The zero-order valence-corrected chi connectivity index (χ0v) is 18.3. The van der Waals surface area contributed by atoms with Gasteiger partial charge >= 0.3 is 12.1 Å². The summed E-state index contributed by atoms with van der Waals surface area (Å²) >= 11 is 0.